The van der Waals surface area contributed by atoms with Crippen LogP contribution in [0.4, 0.5) is 5.69 Å². The summed E-state index contributed by atoms with van der Waals surface area (Å²) in [5, 5.41) is 0.649. The summed E-state index contributed by atoms with van der Waals surface area (Å²) in [4.78, 5) is 20.4. The average Bonchev–Trinajstić information content (AvgIpc) is 2.95. The zero-order valence-corrected chi connectivity index (χ0v) is 24.4. The highest BCUT2D eigenvalue weighted by Crippen LogP contribution is 2.29. The van der Waals surface area contributed by atoms with Crippen LogP contribution in [0, 0.1) is 6.92 Å². The normalized spacial score (nSPS) is 13.7. The first-order chi connectivity index (χ1) is 18.0. The number of halogens is 2. The van der Waals surface area contributed by atoms with Gasteiger partial charge in [0.1, 0.15) is 17.1 Å². The Bertz CT molecular complexity index is 1420. The predicted octanol–water partition coefficient (Wildman–Crippen LogP) is 5.87. The van der Waals surface area contributed by atoms with E-state index in [-0.39, 0.29) is 30.2 Å². The van der Waals surface area contributed by atoms with Crippen LogP contribution in [0.1, 0.15) is 11.1 Å². The molecule has 4 aromatic rings. The molecule has 1 aromatic heterocycles. The number of piperazine rings is 1. The van der Waals surface area contributed by atoms with Crippen LogP contribution in [0.25, 0.3) is 22.3 Å². The van der Waals surface area contributed by atoms with Crippen LogP contribution in [-0.2, 0) is 6.54 Å². The number of methoxy groups -OCH3 is 1. The van der Waals surface area contributed by atoms with Crippen LogP contribution < -0.4 is 15.1 Å². The van der Waals surface area contributed by atoms with Crippen molar-refractivity contribution < 1.29 is 9.15 Å². The highest BCUT2D eigenvalue weighted by atomic mass is 35.5. The molecule has 0 saturated carbocycles. The van der Waals surface area contributed by atoms with E-state index in [0.29, 0.717) is 22.3 Å². The smallest absolute Gasteiger partial charge is 0.196 e. The zero-order valence-electron chi connectivity index (χ0n) is 22.8. The van der Waals surface area contributed by atoms with Crippen molar-refractivity contribution >= 4 is 41.5 Å². The summed E-state index contributed by atoms with van der Waals surface area (Å²) in [5.74, 6) is 1.59. The average molecular weight is 571 g/mol. The minimum absolute atomic E-state index is 0. The van der Waals surface area contributed by atoms with E-state index >= 15 is 0 Å². The number of ether oxygens (including phenoxy) is 1. The molecule has 1 aliphatic heterocycles. The number of anilines is 1. The maximum absolute atomic E-state index is 13.2. The highest BCUT2D eigenvalue weighted by molar-refractivity contribution is 5.85. The minimum Gasteiger partial charge on any atom is -0.495 e. The van der Waals surface area contributed by atoms with Crippen LogP contribution in [0.2, 0.25) is 0 Å². The number of likely N-dealkylation sites (N-methyl/N-ethyl adjacent to an activating group) is 1. The van der Waals surface area contributed by atoms with Gasteiger partial charge in [-0.3, -0.25) is 9.69 Å². The van der Waals surface area contributed by atoms with Gasteiger partial charge >= 0.3 is 0 Å². The molecule has 0 radical (unpaired) electrons. The molecule has 2 heterocycles. The Labute approximate surface area is 243 Å². The van der Waals surface area contributed by atoms with Gasteiger partial charge in [-0.15, -0.1) is 24.8 Å². The fourth-order valence-electron chi connectivity index (χ4n) is 5.14. The fourth-order valence-corrected chi connectivity index (χ4v) is 5.14. The first-order valence-electron chi connectivity index (χ1n) is 12.9. The van der Waals surface area contributed by atoms with Gasteiger partial charge in [-0.1, -0.05) is 54.6 Å². The third-order valence-electron chi connectivity index (χ3n) is 7.30. The molecule has 3 aromatic carbocycles. The van der Waals surface area contributed by atoms with E-state index in [0.717, 1.165) is 62.7 Å². The van der Waals surface area contributed by atoms with E-state index in [4.69, 9.17) is 9.15 Å². The summed E-state index contributed by atoms with van der Waals surface area (Å²) in [6, 6.07) is 24.0. The maximum atomic E-state index is 13.2. The molecule has 1 fully saturated rings. The Hall–Kier alpha value is -3.03. The number of hydrogen-bond donors (Lipinski definition) is 0. The van der Waals surface area contributed by atoms with Crippen molar-refractivity contribution in [2.45, 2.75) is 13.5 Å². The van der Waals surface area contributed by atoms with E-state index in [1.807, 2.05) is 61.5 Å². The highest BCUT2D eigenvalue weighted by Gasteiger charge is 2.20. The monoisotopic (exact) mass is 569 g/mol. The fraction of sp³-hybridized carbons (Fsp3) is 0.323. The van der Waals surface area contributed by atoms with Gasteiger partial charge in [-0.2, -0.15) is 0 Å². The van der Waals surface area contributed by atoms with Crippen LogP contribution >= 0.6 is 24.8 Å². The Morgan fingerprint density at radius 2 is 1.59 bits per heavy atom. The summed E-state index contributed by atoms with van der Waals surface area (Å²) in [7, 11) is 3.87. The summed E-state index contributed by atoms with van der Waals surface area (Å²) >= 11 is 0. The second-order valence-corrected chi connectivity index (χ2v) is 9.78. The molecule has 1 aliphatic rings. The van der Waals surface area contributed by atoms with E-state index in [9.17, 15) is 4.79 Å². The van der Waals surface area contributed by atoms with Crippen molar-refractivity contribution in [3.63, 3.8) is 0 Å². The second-order valence-electron chi connectivity index (χ2n) is 9.78. The van der Waals surface area contributed by atoms with Crippen molar-refractivity contribution in [1.82, 2.24) is 9.80 Å². The van der Waals surface area contributed by atoms with Crippen molar-refractivity contribution in [3.8, 4) is 17.1 Å². The number of benzene rings is 3. The first-order valence-corrected chi connectivity index (χ1v) is 12.9. The van der Waals surface area contributed by atoms with Gasteiger partial charge in [-0.05, 0) is 32.2 Å². The van der Waals surface area contributed by atoms with Crippen LogP contribution in [0.3, 0.4) is 0 Å². The van der Waals surface area contributed by atoms with E-state index in [1.165, 1.54) is 5.69 Å². The predicted molar refractivity (Wildman–Crippen MR) is 165 cm³/mol. The van der Waals surface area contributed by atoms with Gasteiger partial charge in [0.25, 0.3) is 0 Å². The molecule has 5 rings (SSSR count). The molecule has 0 unspecified atom stereocenters. The summed E-state index contributed by atoms with van der Waals surface area (Å²) in [5.41, 5.74) is 4.51. The molecule has 39 heavy (non-hydrogen) atoms. The zero-order chi connectivity index (χ0) is 25.8. The van der Waals surface area contributed by atoms with Gasteiger partial charge in [0, 0.05) is 62.5 Å². The SMILES string of the molecule is COc1ccccc1N1CCN(CCN(C)Cc2cccc3c(=O)c(C)c(-c4ccccc4)oc23)CC1.Cl.Cl. The van der Waals surface area contributed by atoms with Crippen LogP contribution in [-0.4, -0.2) is 63.2 Å². The quantitative estimate of drug-likeness (QED) is 0.264. The first kappa shape index (κ1) is 30.5. The number of hydrogen-bond acceptors (Lipinski definition) is 6. The standard InChI is InChI=1S/C31H35N3O3.2ClH/c1-23-29(35)26-13-9-12-25(31(26)37-30(23)24-10-5-4-6-11-24)22-32(2)16-17-33-18-20-34(21-19-33)27-14-7-8-15-28(27)36-3;;/h4-15H,16-22H2,1-3H3;2*1H. The van der Waals surface area contributed by atoms with E-state index in [1.54, 1.807) is 7.11 Å². The van der Waals surface area contributed by atoms with E-state index < -0.39 is 0 Å². The summed E-state index contributed by atoms with van der Waals surface area (Å²) < 4.78 is 12.0. The lowest BCUT2D eigenvalue weighted by atomic mass is 10.0. The van der Waals surface area contributed by atoms with Crippen molar-refractivity contribution in [2.24, 2.45) is 0 Å². The van der Waals surface area contributed by atoms with Crippen molar-refractivity contribution in [1.29, 1.82) is 0 Å². The molecule has 1 saturated heterocycles. The number of nitrogens with zero attached hydrogens (tertiary/aromatic N) is 3. The lowest BCUT2D eigenvalue weighted by Crippen LogP contribution is -2.48. The van der Waals surface area contributed by atoms with Crippen molar-refractivity contribution in [2.75, 3.05) is 58.3 Å². The van der Waals surface area contributed by atoms with Crippen molar-refractivity contribution in [3.05, 3.63) is 94.1 Å². The van der Waals surface area contributed by atoms with E-state index in [2.05, 4.69) is 39.9 Å². The molecule has 0 bridgehead atoms. The molecule has 208 valence electrons. The van der Waals surface area contributed by atoms with Gasteiger partial charge in [0.05, 0.1) is 18.2 Å². The topological polar surface area (TPSA) is 49.2 Å². The van der Waals surface area contributed by atoms with Gasteiger partial charge in [0.2, 0.25) is 0 Å². The lowest BCUT2D eigenvalue weighted by molar-refractivity contribution is 0.212. The number of rotatable bonds is 8. The molecule has 0 aliphatic carbocycles. The minimum atomic E-state index is 0. The van der Waals surface area contributed by atoms with Gasteiger partial charge in [-0.25, -0.2) is 0 Å². The summed E-state index contributed by atoms with van der Waals surface area (Å²) in [6.45, 7) is 8.52. The Morgan fingerprint density at radius 3 is 2.31 bits per heavy atom. The van der Waals surface area contributed by atoms with Crippen LogP contribution in [0.15, 0.2) is 82.0 Å². The Morgan fingerprint density at radius 1 is 0.897 bits per heavy atom. The number of para-hydroxylation sites is 3. The molecular weight excluding hydrogens is 533 g/mol. The largest absolute Gasteiger partial charge is 0.495 e. The molecule has 8 heteroatoms. The molecule has 0 spiro atoms. The molecule has 0 amide bonds. The van der Waals surface area contributed by atoms with Gasteiger partial charge in [0.15, 0.2) is 5.43 Å². The van der Waals surface area contributed by atoms with Crippen LogP contribution in [0.5, 0.6) is 5.75 Å². The summed E-state index contributed by atoms with van der Waals surface area (Å²) in [6.07, 6.45) is 0. The third kappa shape index (κ3) is 6.76. The Kier molecular flexibility index (Phi) is 10.8. The van der Waals surface area contributed by atoms with Gasteiger partial charge < -0.3 is 19.0 Å². The second kappa shape index (κ2) is 13.9. The maximum Gasteiger partial charge on any atom is 0.196 e. The molecule has 0 atom stereocenters. The third-order valence-corrected chi connectivity index (χ3v) is 7.30. The lowest BCUT2D eigenvalue weighted by Gasteiger charge is -2.37. The molecular formula is C31H37Cl2N3O3. The number of fused-ring (bicyclic) bond motifs is 1. The molecule has 6 nitrogen and oxygen atoms in total. The molecule has 0 N–H and O–H groups in total. The Balaban J connectivity index is 0.00000210.